The van der Waals surface area contributed by atoms with Crippen LogP contribution in [-0.4, -0.2) is 38.8 Å². The number of aromatic nitrogens is 3. The number of hydrogen-bond donors (Lipinski definition) is 1. The average molecular weight is 370 g/mol. The maximum Gasteiger partial charge on any atom is 0.257 e. The van der Waals surface area contributed by atoms with Crippen molar-refractivity contribution in [1.29, 1.82) is 0 Å². The van der Waals surface area contributed by atoms with Crippen LogP contribution in [0, 0.1) is 0 Å². The summed E-state index contributed by atoms with van der Waals surface area (Å²) in [5, 5.41) is 1.21. The Bertz CT molecular complexity index is 1090. The Morgan fingerprint density at radius 3 is 2.68 bits per heavy atom. The van der Waals surface area contributed by atoms with Crippen molar-refractivity contribution in [2.24, 2.45) is 0 Å². The highest BCUT2D eigenvalue weighted by Gasteiger charge is 2.20. The van der Waals surface area contributed by atoms with Gasteiger partial charge in [-0.2, -0.15) is 0 Å². The smallest absolute Gasteiger partial charge is 0.257 e. The Balaban J connectivity index is 1.57. The topological polar surface area (TPSA) is 61.9 Å². The molecule has 5 heteroatoms. The average Bonchev–Trinajstić information content (AvgIpc) is 3.18. The summed E-state index contributed by atoms with van der Waals surface area (Å²) in [7, 11) is 0. The number of rotatable bonds is 6. The predicted molar refractivity (Wildman–Crippen MR) is 111 cm³/mol. The predicted octanol–water partition coefficient (Wildman–Crippen LogP) is 4.33. The molecule has 0 aliphatic rings. The van der Waals surface area contributed by atoms with Gasteiger partial charge in [-0.05, 0) is 25.0 Å². The van der Waals surface area contributed by atoms with Crippen LogP contribution in [0.25, 0.3) is 22.2 Å². The van der Waals surface area contributed by atoms with Crippen molar-refractivity contribution >= 4 is 16.8 Å². The van der Waals surface area contributed by atoms with Gasteiger partial charge in [0.2, 0.25) is 0 Å². The second-order valence-electron chi connectivity index (χ2n) is 6.65. The third-order valence-corrected chi connectivity index (χ3v) is 4.98. The number of likely N-dealkylation sites (N-methyl/N-ethyl adjacent to an activating group) is 1. The summed E-state index contributed by atoms with van der Waals surface area (Å²) in [6, 6.07) is 18.0. The van der Waals surface area contributed by atoms with E-state index in [2.05, 4.69) is 27.1 Å². The second-order valence-corrected chi connectivity index (χ2v) is 6.65. The van der Waals surface area contributed by atoms with Crippen molar-refractivity contribution in [3.63, 3.8) is 0 Å². The van der Waals surface area contributed by atoms with E-state index in [1.165, 1.54) is 17.3 Å². The molecule has 2 aromatic carbocycles. The first kappa shape index (κ1) is 17.9. The maximum absolute atomic E-state index is 13.2. The lowest BCUT2D eigenvalue weighted by Gasteiger charge is -2.21. The summed E-state index contributed by atoms with van der Waals surface area (Å²) in [5.74, 6) is -0.0400. The van der Waals surface area contributed by atoms with Gasteiger partial charge in [-0.3, -0.25) is 4.79 Å². The van der Waals surface area contributed by atoms with Crippen molar-refractivity contribution in [1.82, 2.24) is 19.9 Å². The van der Waals surface area contributed by atoms with Crippen LogP contribution in [0.3, 0.4) is 0 Å². The molecule has 2 heterocycles. The highest BCUT2D eigenvalue weighted by atomic mass is 16.2. The Labute approximate surface area is 164 Å². The molecule has 140 valence electrons. The molecule has 0 atom stereocenters. The number of amides is 1. The molecule has 5 nitrogen and oxygen atoms in total. The fourth-order valence-corrected chi connectivity index (χ4v) is 3.48. The second kappa shape index (κ2) is 8.05. The molecule has 0 fully saturated rings. The molecule has 0 spiro atoms. The third-order valence-electron chi connectivity index (χ3n) is 4.98. The normalized spacial score (nSPS) is 10.9. The van der Waals surface area contributed by atoms with Gasteiger partial charge in [0, 0.05) is 41.9 Å². The Morgan fingerprint density at radius 2 is 1.86 bits per heavy atom. The van der Waals surface area contributed by atoms with Crippen molar-refractivity contribution in [3.05, 3.63) is 84.4 Å². The van der Waals surface area contributed by atoms with Gasteiger partial charge in [-0.1, -0.05) is 48.5 Å². The van der Waals surface area contributed by atoms with Crippen LogP contribution in [0.4, 0.5) is 0 Å². The van der Waals surface area contributed by atoms with Crippen LogP contribution < -0.4 is 0 Å². The number of carbonyl (C=O) groups excluding carboxylic acids is 1. The number of para-hydroxylation sites is 1. The number of fused-ring (bicyclic) bond motifs is 1. The summed E-state index contributed by atoms with van der Waals surface area (Å²) in [4.78, 5) is 26.9. The van der Waals surface area contributed by atoms with Gasteiger partial charge in [0.1, 0.15) is 6.33 Å². The lowest BCUT2D eigenvalue weighted by Crippen LogP contribution is -2.33. The number of benzene rings is 2. The highest BCUT2D eigenvalue weighted by molar-refractivity contribution is 5.99. The standard InChI is InChI=1S/C23H22N4O/c1-2-27(13-12-18-14-25-21-11-7-6-10-19(18)21)23(28)20-15-24-16-26-22(20)17-8-4-3-5-9-17/h3-11,14-16,25H,2,12-13H2,1H3. The minimum atomic E-state index is -0.0400. The molecule has 4 rings (SSSR count). The van der Waals surface area contributed by atoms with Crippen LogP contribution in [0.5, 0.6) is 0 Å². The first-order valence-electron chi connectivity index (χ1n) is 9.47. The summed E-state index contributed by atoms with van der Waals surface area (Å²) in [6.07, 6.45) is 5.93. The molecule has 0 aliphatic carbocycles. The van der Waals surface area contributed by atoms with Crippen LogP contribution in [0.15, 0.2) is 73.3 Å². The van der Waals surface area contributed by atoms with E-state index in [1.54, 1.807) is 6.20 Å². The number of nitrogens with zero attached hydrogens (tertiary/aromatic N) is 3. The van der Waals surface area contributed by atoms with E-state index < -0.39 is 0 Å². The zero-order chi connectivity index (χ0) is 19.3. The number of aromatic amines is 1. The quantitative estimate of drug-likeness (QED) is 0.549. The largest absolute Gasteiger partial charge is 0.361 e. The molecule has 0 unspecified atom stereocenters. The third kappa shape index (κ3) is 3.51. The zero-order valence-electron chi connectivity index (χ0n) is 15.8. The lowest BCUT2D eigenvalue weighted by atomic mass is 10.1. The van der Waals surface area contributed by atoms with Gasteiger partial charge in [-0.15, -0.1) is 0 Å². The minimum Gasteiger partial charge on any atom is -0.361 e. The van der Waals surface area contributed by atoms with Gasteiger partial charge in [0.05, 0.1) is 11.3 Å². The number of nitrogens with one attached hydrogen (secondary N) is 1. The van der Waals surface area contributed by atoms with Gasteiger partial charge in [0.25, 0.3) is 5.91 Å². The van der Waals surface area contributed by atoms with E-state index in [1.807, 2.05) is 60.5 Å². The van der Waals surface area contributed by atoms with E-state index >= 15 is 0 Å². The van der Waals surface area contributed by atoms with Crippen LogP contribution >= 0.6 is 0 Å². The molecule has 1 N–H and O–H groups in total. The molecule has 0 saturated heterocycles. The van der Waals surface area contributed by atoms with E-state index in [9.17, 15) is 4.79 Å². The Morgan fingerprint density at radius 1 is 1.07 bits per heavy atom. The molecule has 0 bridgehead atoms. The number of H-pyrrole nitrogens is 1. The monoisotopic (exact) mass is 370 g/mol. The Hall–Kier alpha value is -3.47. The fraction of sp³-hybridized carbons (Fsp3) is 0.174. The van der Waals surface area contributed by atoms with Gasteiger partial charge in [-0.25, -0.2) is 9.97 Å². The fourth-order valence-electron chi connectivity index (χ4n) is 3.48. The van der Waals surface area contributed by atoms with E-state index in [4.69, 9.17) is 0 Å². The SMILES string of the molecule is CCN(CCc1c[nH]c2ccccc12)C(=O)c1cncnc1-c1ccccc1. The van der Waals surface area contributed by atoms with Gasteiger partial charge < -0.3 is 9.88 Å². The van der Waals surface area contributed by atoms with Crippen LogP contribution in [0.2, 0.25) is 0 Å². The van der Waals surface area contributed by atoms with Crippen molar-refractivity contribution in [2.75, 3.05) is 13.1 Å². The number of hydrogen-bond acceptors (Lipinski definition) is 3. The van der Waals surface area contributed by atoms with Crippen LogP contribution in [0.1, 0.15) is 22.8 Å². The van der Waals surface area contributed by atoms with Crippen molar-refractivity contribution in [2.45, 2.75) is 13.3 Å². The summed E-state index contributed by atoms with van der Waals surface area (Å²) < 4.78 is 0. The summed E-state index contributed by atoms with van der Waals surface area (Å²) in [6.45, 7) is 3.27. The maximum atomic E-state index is 13.2. The van der Waals surface area contributed by atoms with Gasteiger partial charge >= 0.3 is 0 Å². The molecular weight excluding hydrogens is 348 g/mol. The molecule has 28 heavy (non-hydrogen) atoms. The first-order valence-corrected chi connectivity index (χ1v) is 9.47. The molecule has 2 aromatic heterocycles. The molecular formula is C23H22N4O. The minimum absolute atomic E-state index is 0.0400. The summed E-state index contributed by atoms with van der Waals surface area (Å²) >= 11 is 0. The van der Waals surface area contributed by atoms with Crippen LogP contribution in [-0.2, 0) is 6.42 Å². The zero-order valence-corrected chi connectivity index (χ0v) is 15.8. The van der Waals surface area contributed by atoms with E-state index in [0.717, 1.165) is 17.5 Å². The van der Waals surface area contributed by atoms with Crippen molar-refractivity contribution in [3.8, 4) is 11.3 Å². The van der Waals surface area contributed by atoms with E-state index in [0.29, 0.717) is 24.3 Å². The summed E-state index contributed by atoms with van der Waals surface area (Å²) in [5.41, 5.74) is 4.46. The van der Waals surface area contributed by atoms with Gasteiger partial charge in [0.15, 0.2) is 0 Å². The molecule has 4 aromatic rings. The molecule has 0 saturated carbocycles. The molecule has 1 amide bonds. The Kier molecular flexibility index (Phi) is 5.15. The first-order chi connectivity index (χ1) is 13.8. The molecule has 0 aliphatic heterocycles. The van der Waals surface area contributed by atoms with E-state index in [-0.39, 0.29) is 5.91 Å². The number of carbonyl (C=O) groups is 1. The highest BCUT2D eigenvalue weighted by Crippen LogP contribution is 2.22. The molecule has 0 radical (unpaired) electrons. The lowest BCUT2D eigenvalue weighted by molar-refractivity contribution is 0.0766. The van der Waals surface area contributed by atoms with Crippen molar-refractivity contribution < 1.29 is 4.79 Å².